The lowest BCUT2D eigenvalue weighted by Crippen LogP contribution is -2.48. The average molecular weight is 425 g/mol. The van der Waals surface area contributed by atoms with E-state index in [4.69, 9.17) is 4.74 Å². The fraction of sp³-hybridized carbons (Fsp3) is 0.864. The van der Waals surface area contributed by atoms with Crippen LogP contribution in [0.4, 0.5) is 4.79 Å². The van der Waals surface area contributed by atoms with Gasteiger partial charge in [-0.3, -0.25) is 14.5 Å². The first-order valence-electron chi connectivity index (χ1n) is 11.4. The molecule has 2 aliphatic rings. The van der Waals surface area contributed by atoms with Gasteiger partial charge in [0.1, 0.15) is 5.60 Å². The van der Waals surface area contributed by atoms with Crippen LogP contribution >= 0.6 is 0 Å². The Hall–Kier alpha value is -1.83. The van der Waals surface area contributed by atoms with Gasteiger partial charge < -0.3 is 19.4 Å². The molecule has 30 heavy (non-hydrogen) atoms. The van der Waals surface area contributed by atoms with Gasteiger partial charge in [0.15, 0.2) is 0 Å². The van der Waals surface area contributed by atoms with Gasteiger partial charge in [0.05, 0.1) is 12.5 Å². The Kier molecular flexibility index (Phi) is 8.94. The minimum Gasteiger partial charge on any atom is -0.444 e. The number of hydrogen-bond acceptors (Lipinski definition) is 5. The topological polar surface area (TPSA) is 73.4 Å². The molecule has 2 rings (SSSR count). The highest BCUT2D eigenvalue weighted by Gasteiger charge is 2.33. The number of likely N-dealkylation sites (tertiary alicyclic amines) is 1. The number of amides is 3. The standard InChI is InChI=1S/C22H40N4O4/c1-6-24(7-2)19(27)17-23-11-9-13-25(15-14-23)20(28)18-10-8-12-26(16-18)21(29)30-22(3,4)5/h18H,6-17H2,1-5H3. The fourth-order valence-electron chi connectivity index (χ4n) is 4.15. The molecule has 0 radical (unpaired) electrons. The molecule has 0 spiro atoms. The summed E-state index contributed by atoms with van der Waals surface area (Å²) in [6.45, 7) is 15.4. The van der Waals surface area contributed by atoms with Crippen molar-refractivity contribution in [3.63, 3.8) is 0 Å². The summed E-state index contributed by atoms with van der Waals surface area (Å²) in [6, 6.07) is 0. The van der Waals surface area contributed by atoms with E-state index >= 15 is 0 Å². The second-order valence-corrected chi connectivity index (χ2v) is 9.29. The maximum atomic E-state index is 13.1. The molecular weight excluding hydrogens is 384 g/mol. The summed E-state index contributed by atoms with van der Waals surface area (Å²) in [7, 11) is 0. The van der Waals surface area contributed by atoms with Crippen molar-refractivity contribution >= 4 is 17.9 Å². The third-order valence-corrected chi connectivity index (χ3v) is 5.80. The highest BCUT2D eigenvalue weighted by Crippen LogP contribution is 2.22. The molecule has 0 aromatic rings. The average Bonchev–Trinajstić information content (AvgIpc) is 2.92. The highest BCUT2D eigenvalue weighted by molar-refractivity contribution is 5.80. The van der Waals surface area contributed by atoms with Crippen LogP contribution in [0.2, 0.25) is 0 Å². The Morgan fingerprint density at radius 1 is 0.933 bits per heavy atom. The normalized spacial score (nSPS) is 21.2. The molecule has 172 valence electrons. The lowest BCUT2D eigenvalue weighted by Gasteiger charge is -2.35. The van der Waals surface area contributed by atoms with Crippen LogP contribution in [0.1, 0.15) is 53.9 Å². The number of ether oxygens (including phenoxy) is 1. The summed E-state index contributed by atoms with van der Waals surface area (Å²) in [5.74, 6) is 0.107. The summed E-state index contributed by atoms with van der Waals surface area (Å²) < 4.78 is 5.48. The molecule has 0 aromatic carbocycles. The Bertz CT molecular complexity index is 600. The molecule has 0 N–H and O–H groups in total. The van der Waals surface area contributed by atoms with Crippen molar-refractivity contribution in [2.24, 2.45) is 5.92 Å². The van der Waals surface area contributed by atoms with E-state index < -0.39 is 5.60 Å². The predicted molar refractivity (Wildman–Crippen MR) is 116 cm³/mol. The Morgan fingerprint density at radius 3 is 2.23 bits per heavy atom. The van der Waals surface area contributed by atoms with Gasteiger partial charge in [-0.25, -0.2) is 4.79 Å². The van der Waals surface area contributed by atoms with E-state index in [2.05, 4.69) is 4.90 Å². The Morgan fingerprint density at radius 2 is 1.60 bits per heavy atom. The molecule has 2 heterocycles. The fourth-order valence-corrected chi connectivity index (χ4v) is 4.15. The lowest BCUT2D eigenvalue weighted by atomic mass is 9.96. The van der Waals surface area contributed by atoms with Crippen molar-refractivity contribution in [3.8, 4) is 0 Å². The molecule has 8 nitrogen and oxygen atoms in total. The molecule has 0 aliphatic carbocycles. The molecule has 1 atom stereocenters. The number of nitrogens with zero attached hydrogens (tertiary/aromatic N) is 4. The van der Waals surface area contributed by atoms with Crippen LogP contribution < -0.4 is 0 Å². The number of rotatable bonds is 5. The molecule has 1 unspecified atom stereocenters. The van der Waals surface area contributed by atoms with Gasteiger partial charge in [-0.05, 0) is 53.9 Å². The van der Waals surface area contributed by atoms with Crippen molar-refractivity contribution in [3.05, 3.63) is 0 Å². The second-order valence-electron chi connectivity index (χ2n) is 9.29. The first-order valence-corrected chi connectivity index (χ1v) is 11.4. The largest absolute Gasteiger partial charge is 0.444 e. The quantitative estimate of drug-likeness (QED) is 0.675. The molecule has 0 aromatic heterocycles. The van der Waals surface area contributed by atoms with Crippen molar-refractivity contribution in [2.75, 3.05) is 58.9 Å². The van der Waals surface area contributed by atoms with E-state index in [1.54, 1.807) is 4.90 Å². The van der Waals surface area contributed by atoms with Crippen LogP contribution in [0.15, 0.2) is 0 Å². The van der Waals surface area contributed by atoms with E-state index in [-0.39, 0.29) is 23.8 Å². The molecule has 3 amide bonds. The third kappa shape index (κ3) is 7.15. The SMILES string of the molecule is CCN(CC)C(=O)CN1CCCN(C(=O)C2CCCN(C(=O)OC(C)(C)C)C2)CC1. The summed E-state index contributed by atoms with van der Waals surface area (Å²) >= 11 is 0. The number of carbonyl (C=O) groups excluding carboxylic acids is 3. The van der Waals surface area contributed by atoms with Crippen molar-refractivity contribution in [1.29, 1.82) is 0 Å². The van der Waals surface area contributed by atoms with E-state index in [0.29, 0.717) is 39.3 Å². The van der Waals surface area contributed by atoms with Crippen molar-refractivity contribution in [2.45, 2.75) is 59.5 Å². The van der Waals surface area contributed by atoms with Gasteiger partial charge in [-0.2, -0.15) is 0 Å². The van der Waals surface area contributed by atoms with Gasteiger partial charge in [-0.15, -0.1) is 0 Å². The smallest absolute Gasteiger partial charge is 0.410 e. The maximum Gasteiger partial charge on any atom is 0.410 e. The Labute approximate surface area is 181 Å². The van der Waals surface area contributed by atoms with Crippen LogP contribution in [0.3, 0.4) is 0 Å². The molecule has 8 heteroatoms. The molecule has 0 saturated carbocycles. The number of likely N-dealkylation sites (N-methyl/N-ethyl adjacent to an activating group) is 1. The Balaban J connectivity index is 1.88. The summed E-state index contributed by atoms with van der Waals surface area (Å²) in [5.41, 5.74) is -0.537. The van der Waals surface area contributed by atoms with E-state index in [1.807, 2.05) is 44.4 Å². The molecule has 0 bridgehead atoms. The van der Waals surface area contributed by atoms with Gasteiger partial charge >= 0.3 is 6.09 Å². The zero-order valence-electron chi connectivity index (χ0n) is 19.5. The van der Waals surface area contributed by atoms with Crippen molar-refractivity contribution in [1.82, 2.24) is 19.6 Å². The van der Waals surface area contributed by atoms with Crippen LogP contribution in [0, 0.1) is 5.92 Å². The van der Waals surface area contributed by atoms with Crippen molar-refractivity contribution < 1.29 is 19.1 Å². The van der Waals surface area contributed by atoms with Gasteiger partial charge in [0.2, 0.25) is 11.8 Å². The first kappa shape index (κ1) is 24.4. The predicted octanol–water partition coefficient (Wildman–Crippen LogP) is 2.04. The monoisotopic (exact) mass is 424 g/mol. The zero-order valence-corrected chi connectivity index (χ0v) is 19.5. The molecule has 2 aliphatic heterocycles. The van der Waals surface area contributed by atoms with Crippen LogP contribution in [0.5, 0.6) is 0 Å². The second kappa shape index (κ2) is 11.0. The van der Waals surface area contributed by atoms with E-state index in [1.165, 1.54) is 0 Å². The van der Waals surface area contributed by atoms with Crippen LogP contribution in [0.25, 0.3) is 0 Å². The zero-order chi connectivity index (χ0) is 22.3. The molecule has 2 saturated heterocycles. The summed E-state index contributed by atoms with van der Waals surface area (Å²) in [4.78, 5) is 45.5. The molecular formula is C22H40N4O4. The minimum absolute atomic E-state index is 0.125. The first-order chi connectivity index (χ1) is 14.1. The van der Waals surface area contributed by atoms with Crippen LogP contribution in [-0.4, -0.2) is 102 Å². The maximum absolute atomic E-state index is 13.1. The summed E-state index contributed by atoms with van der Waals surface area (Å²) in [6.07, 6.45) is 2.14. The minimum atomic E-state index is -0.537. The van der Waals surface area contributed by atoms with Gasteiger partial charge in [0.25, 0.3) is 0 Å². The van der Waals surface area contributed by atoms with Crippen LogP contribution in [-0.2, 0) is 14.3 Å². The lowest BCUT2D eigenvalue weighted by molar-refractivity contribution is -0.137. The van der Waals surface area contributed by atoms with E-state index in [9.17, 15) is 14.4 Å². The number of carbonyl (C=O) groups is 3. The molecule has 2 fully saturated rings. The highest BCUT2D eigenvalue weighted by atomic mass is 16.6. The van der Waals surface area contributed by atoms with E-state index in [0.717, 1.165) is 38.9 Å². The number of piperidine rings is 1. The summed E-state index contributed by atoms with van der Waals surface area (Å²) in [5, 5.41) is 0. The number of hydrogen-bond donors (Lipinski definition) is 0. The van der Waals surface area contributed by atoms with Gasteiger partial charge in [-0.1, -0.05) is 0 Å². The van der Waals surface area contributed by atoms with Gasteiger partial charge in [0, 0.05) is 52.4 Å². The third-order valence-electron chi connectivity index (χ3n) is 5.80.